The Morgan fingerprint density at radius 3 is 2.25 bits per heavy atom. The Labute approximate surface area is 97.7 Å². The molecule has 3 unspecified atom stereocenters. The van der Waals surface area contributed by atoms with Crippen molar-refractivity contribution in [1.82, 2.24) is 5.32 Å². The molecule has 1 amide bonds. The molecule has 3 atom stereocenters. The lowest BCUT2D eigenvalue weighted by Gasteiger charge is -2.24. The van der Waals surface area contributed by atoms with Gasteiger partial charge in [-0.25, -0.2) is 0 Å². The van der Waals surface area contributed by atoms with Gasteiger partial charge >= 0.3 is 0 Å². The van der Waals surface area contributed by atoms with Gasteiger partial charge in [0.2, 0.25) is 5.91 Å². The number of ketones is 1. The van der Waals surface area contributed by atoms with Crippen LogP contribution in [-0.2, 0) is 14.3 Å². The van der Waals surface area contributed by atoms with E-state index < -0.39 is 6.10 Å². The zero-order chi connectivity index (χ0) is 12.7. The summed E-state index contributed by atoms with van der Waals surface area (Å²) in [6.07, 6.45) is 0.775. The first-order valence-electron chi connectivity index (χ1n) is 5.83. The molecule has 1 N–H and O–H groups in total. The summed E-state index contributed by atoms with van der Waals surface area (Å²) in [5.74, 6) is 0.0277. The molecule has 0 aliphatic carbocycles. The Kier molecular flexibility index (Phi) is 6.97. The maximum Gasteiger partial charge on any atom is 0.220 e. The van der Waals surface area contributed by atoms with Crippen LogP contribution in [0.5, 0.6) is 0 Å². The summed E-state index contributed by atoms with van der Waals surface area (Å²) in [5.41, 5.74) is 0. The van der Waals surface area contributed by atoms with Crippen molar-refractivity contribution < 1.29 is 14.3 Å². The summed E-state index contributed by atoms with van der Waals surface area (Å²) in [5, 5.41) is 2.85. The summed E-state index contributed by atoms with van der Waals surface area (Å²) in [4.78, 5) is 22.4. The van der Waals surface area contributed by atoms with E-state index in [0.717, 1.165) is 6.42 Å². The first-order chi connectivity index (χ1) is 7.38. The molecule has 0 aromatic rings. The Bertz CT molecular complexity index is 240. The molecule has 0 aliphatic heterocycles. The van der Waals surface area contributed by atoms with Gasteiger partial charge in [0.05, 0.1) is 12.1 Å². The number of rotatable bonds is 7. The fraction of sp³-hybridized carbons (Fsp3) is 0.833. The van der Waals surface area contributed by atoms with E-state index in [1.165, 1.54) is 6.92 Å². The largest absolute Gasteiger partial charge is 0.366 e. The van der Waals surface area contributed by atoms with E-state index in [4.69, 9.17) is 4.74 Å². The molecule has 0 saturated heterocycles. The van der Waals surface area contributed by atoms with Crippen molar-refractivity contribution in [2.75, 3.05) is 0 Å². The van der Waals surface area contributed by atoms with Crippen molar-refractivity contribution in [2.24, 2.45) is 0 Å². The van der Waals surface area contributed by atoms with Crippen LogP contribution in [0.2, 0.25) is 0 Å². The Hall–Kier alpha value is -0.900. The predicted octanol–water partition coefficient (Wildman–Crippen LogP) is 1.67. The van der Waals surface area contributed by atoms with Crippen LogP contribution in [0, 0.1) is 0 Å². The number of nitrogens with one attached hydrogen (secondary N) is 1. The summed E-state index contributed by atoms with van der Waals surface area (Å²) >= 11 is 0. The van der Waals surface area contributed by atoms with Crippen molar-refractivity contribution in [3.63, 3.8) is 0 Å². The molecule has 0 aromatic heterocycles. The van der Waals surface area contributed by atoms with E-state index in [2.05, 4.69) is 5.32 Å². The molecular formula is C12H23NO3. The fourth-order valence-electron chi connectivity index (χ4n) is 1.21. The Morgan fingerprint density at radius 1 is 1.25 bits per heavy atom. The van der Waals surface area contributed by atoms with Crippen LogP contribution in [-0.4, -0.2) is 29.9 Å². The molecule has 4 heteroatoms. The highest BCUT2D eigenvalue weighted by Crippen LogP contribution is 2.04. The van der Waals surface area contributed by atoms with Crippen LogP contribution in [0.1, 0.15) is 47.5 Å². The van der Waals surface area contributed by atoms with Gasteiger partial charge in [-0.15, -0.1) is 0 Å². The predicted molar refractivity (Wildman–Crippen MR) is 63.2 cm³/mol. The van der Waals surface area contributed by atoms with Gasteiger partial charge in [0.25, 0.3) is 0 Å². The third-order valence-electron chi connectivity index (χ3n) is 2.56. The molecule has 0 aliphatic rings. The third kappa shape index (κ3) is 5.85. The summed E-state index contributed by atoms with van der Waals surface area (Å²) in [6.45, 7) is 8.92. The van der Waals surface area contributed by atoms with E-state index in [1.54, 1.807) is 6.92 Å². The van der Waals surface area contributed by atoms with E-state index in [9.17, 15) is 9.59 Å². The van der Waals surface area contributed by atoms with Gasteiger partial charge in [0.1, 0.15) is 6.10 Å². The lowest BCUT2D eigenvalue weighted by atomic mass is 10.2. The molecule has 0 fully saturated rings. The van der Waals surface area contributed by atoms with E-state index in [0.29, 0.717) is 6.42 Å². The number of hydrogen-bond donors (Lipinski definition) is 1. The number of carbonyl (C=O) groups excluding carboxylic acids is 2. The molecule has 16 heavy (non-hydrogen) atoms. The van der Waals surface area contributed by atoms with Crippen LogP contribution in [0.15, 0.2) is 0 Å². The molecule has 4 nitrogen and oxygen atoms in total. The summed E-state index contributed by atoms with van der Waals surface area (Å²) < 4.78 is 5.49. The van der Waals surface area contributed by atoms with Crippen molar-refractivity contribution in [2.45, 2.75) is 65.7 Å². The summed E-state index contributed by atoms with van der Waals surface area (Å²) in [6, 6.07) is -0.0825. The average Bonchev–Trinajstić information content (AvgIpc) is 2.17. The van der Waals surface area contributed by atoms with Crippen molar-refractivity contribution >= 4 is 11.7 Å². The van der Waals surface area contributed by atoms with Gasteiger partial charge in [-0.3, -0.25) is 9.59 Å². The molecule has 0 bridgehead atoms. The van der Waals surface area contributed by atoms with Gasteiger partial charge in [0, 0.05) is 6.42 Å². The maximum absolute atomic E-state index is 11.3. The second kappa shape index (κ2) is 7.39. The molecule has 0 heterocycles. The lowest BCUT2D eigenvalue weighted by Crippen LogP contribution is -2.42. The standard InChI is InChI=1S/C12H23NO3/c1-6-7-12(15)13-8(2)10(4)16-11(5)9(3)14/h8,10-11H,6-7H2,1-5H3,(H,13,15). The Morgan fingerprint density at radius 2 is 1.81 bits per heavy atom. The maximum atomic E-state index is 11.3. The zero-order valence-corrected chi connectivity index (χ0v) is 10.9. The third-order valence-corrected chi connectivity index (χ3v) is 2.56. The number of hydrogen-bond acceptors (Lipinski definition) is 3. The SMILES string of the molecule is CCCC(=O)NC(C)C(C)OC(C)C(C)=O. The lowest BCUT2D eigenvalue weighted by molar-refractivity contribution is -0.132. The van der Waals surface area contributed by atoms with Crippen molar-refractivity contribution in [3.8, 4) is 0 Å². The average molecular weight is 229 g/mol. The minimum atomic E-state index is -0.416. The highest BCUT2D eigenvalue weighted by molar-refractivity contribution is 5.80. The molecule has 0 radical (unpaired) electrons. The highest BCUT2D eigenvalue weighted by atomic mass is 16.5. The molecular weight excluding hydrogens is 206 g/mol. The molecule has 0 aromatic carbocycles. The number of carbonyl (C=O) groups is 2. The topological polar surface area (TPSA) is 55.4 Å². The first kappa shape index (κ1) is 15.1. The highest BCUT2D eigenvalue weighted by Gasteiger charge is 2.19. The van der Waals surface area contributed by atoms with Gasteiger partial charge < -0.3 is 10.1 Å². The van der Waals surface area contributed by atoms with Crippen LogP contribution in [0.3, 0.4) is 0 Å². The molecule has 0 rings (SSSR count). The number of ether oxygens (including phenoxy) is 1. The van der Waals surface area contributed by atoms with Gasteiger partial charge in [-0.2, -0.15) is 0 Å². The normalized spacial score (nSPS) is 16.3. The fourth-order valence-corrected chi connectivity index (χ4v) is 1.21. The van der Waals surface area contributed by atoms with E-state index in [1.807, 2.05) is 20.8 Å². The van der Waals surface area contributed by atoms with Crippen LogP contribution >= 0.6 is 0 Å². The first-order valence-corrected chi connectivity index (χ1v) is 5.83. The van der Waals surface area contributed by atoms with Crippen LogP contribution in [0.25, 0.3) is 0 Å². The smallest absolute Gasteiger partial charge is 0.220 e. The van der Waals surface area contributed by atoms with Gasteiger partial charge in [0.15, 0.2) is 5.78 Å². The second-order valence-electron chi connectivity index (χ2n) is 4.20. The molecule has 94 valence electrons. The van der Waals surface area contributed by atoms with Crippen molar-refractivity contribution in [3.05, 3.63) is 0 Å². The second-order valence-corrected chi connectivity index (χ2v) is 4.20. The minimum absolute atomic E-state index is 0.000986. The van der Waals surface area contributed by atoms with Crippen LogP contribution < -0.4 is 5.32 Å². The number of amides is 1. The molecule has 0 saturated carbocycles. The summed E-state index contributed by atoms with van der Waals surface area (Å²) in [7, 11) is 0. The number of Topliss-reactive ketones (excluding diaryl/α,β-unsaturated/α-hetero) is 1. The zero-order valence-electron chi connectivity index (χ0n) is 10.9. The molecule has 0 spiro atoms. The van der Waals surface area contributed by atoms with E-state index >= 15 is 0 Å². The van der Waals surface area contributed by atoms with Crippen molar-refractivity contribution in [1.29, 1.82) is 0 Å². The Balaban J connectivity index is 4.03. The monoisotopic (exact) mass is 229 g/mol. The minimum Gasteiger partial charge on any atom is -0.366 e. The van der Waals surface area contributed by atoms with Gasteiger partial charge in [-0.1, -0.05) is 6.92 Å². The quantitative estimate of drug-likeness (QED) is 0.722. The van der Waals surface area contributed by atoms with Crippen LogP contribution in [0.4, 0.5) is 0 Å². The van der Waals surface area contributed by atoms with Gasteiger partial charge in [-0.05, 0) is 34.1 Å². The van der Waals surface area contributed by atoms with E-state index in [-0.39, 0.29) is 23.8 Å².